The standard InChI is InChI=1S/C11H13Cl2N3/c12-9-4-10(15-11(13)14-9)16-5-7-2-1-3-8(7)6-16/h4,7-8H,1-3,5-6H2. The van der Waals surface area contributed by atoms with Crippen molar-refractivity contribution in [3.63, 3.8) is 0 Å². The first-order valence-electron chi connectivity index (χ1n) is 5.67. The third-order valence-electron chi connectivity index (χ3n) is 3.70. The van der Waals surface area contributed by atoms with Crippen molar-refractivity contribution < 1.29 is 0 Å². The van der Waals surface area contributed by atoms with Crippen LogP contribution in [0.25, 0.3) is 0 Å². The predicted octanol–water partition coefficient (Wildman–Crippen LogP) is 3.02. The number of halogens is 2. The molecule has 2 fully saturated rings. The van der Waals surface area contributed by atoms with E-state index in [1.165, 1.54) is 19.3 Å². The number of hydrogen-bond donors (Lipinski definition) is 0. The van der Waals surface area contributed by atoms with Gasteiger partial charge in [-0.3, -0.25) is 0 Å². The van der Waals surface area contributed by atoms with Crippen molar-refractivity contribution in [1.29, 1.82) is 0 Å². The van der Waals surface area contributed by atoms with Gasteiger partial charge in [-0.1, -0.05) is 18.0 Å². The number of hydrogen-bond acceptors (Lipinski definition) is 3. The average molecular weight is 258 g/mol. The molecular weight excluding hydrogens is 245 g/mol. The van der Waals surface area contributed by atoms with Crippen LogP contribution in [0.1, 0.15) is 19.3 Å². The van der Waals surface area contributed by atoms with E-state index in [4.69, 9.17) is 23.2 Å². The maximum absolute atomic E-state index is 5.89. The van der Waals surface area contributed by atoms with E-state index in [-0.39, 0.29) is 5.28 Å². The zero-order chi connectivity index (χ0) is 11.1. The van der Waals surface area contributed by atoms with E-state index in [2.05, 4.69) is 14.9 Å². The summed E-state index contributed by atoms with van der Waals surface area (Å²) in [7, 11) is 0. The second kappa shape index (κ2) is 4.04. The van der Waals surface area contributed by atoms with Crippen LogP contribution in [0.2, 0.25) is 10.4 Å². The van der Waals surface area contributed by atoms with Crippen molar-refractivity contribution >= 4 is 29.0 Å². The fraction of sp³-hybridized carbons (Fsp3) is 0.636. The molecule has 0 N–H and O–H groups in total. The number of aromatic nitrogens is 2. The van der Waals surface area contributed by atoms with Crippen LogP contribution in [0, 0.1) is 11.8 Å². The molecule has 0 radical (unpaired) electrons. The molecule has 1 saturated carbocycles. The fourth-order valence-electron chi connectivity index (χ4n) is 2.96. The van der Waals surface area contributed by atoms with Crippen LogP contribution < -0.4 is 4.90 Å². The van der Waals surface area contributed by atoms with Crippen LogP contribution in [0.5, 0.6) is 0 Å². The zero-order valence-corrected chi connectivity index (χ0v) is 10.4. The minimum absolute atomic E-state index is 0.236. The fourth-order valence-corrected chi connectivity index (χ4v) is 3.36. The van der Waals surface area contributed by atoms with Crippen LogP contribution in [-0.4, -0.2) is 23.1 Å². The highest BCUT2D eigenvalue weighted by Crippen LogP contribution is 2.39. The maximum atomic E-state index is 5.89. The second-order valence-corrected chi connectivity index (χ2v) is 5.40. The molecule has 0 aromatic carbocycles. The largest absolute Gasteiger partial charge is 0.356 e. The van der Waals surface area contributed by atoms with Crippen molar-refractivity contribution in [3.05, 3.63) is 16.5 Å². The molecule has 1 saturated heterocycles. The Kier molecular flexibility index (Phi) is 2.68. The van der Waals surface area contributed by atoms with E-state index in [1.54, 1.807) is 6.07 Å². The van der Waals surface area contributed by atoms with E-state index >= 15 is 0 Å². The van der Waals surface area contributed by atoms with Crippen LogP contribution in [0.15, 0.2) is 6.07 Å². The van der Waals surface area contributed by atoms with Gasteiger partial charge in [0.2, 0.25) is 5.28 Å². The Morgan fingerprint density at radius 1 is 1.12 bits per heavy atom. The molecule has 2 heterocycles. The predicted molar refractivity (Wildman–Crippen MR) is 65.1 cm³/mol. The monoisotopic (exact) mass is 257 g/mol. The highest BCUT2D eigenvalue weighted by atomic mass is 35.5. The van der Waals surface area contributed by atoms with Crippen molar-refractivity contribution in [2.24, 2.45) is 11.8 Å². The highest BCUT2D eigenvalue weighted by molar-refractivity contribution is 6.32. The Hall–Kier alpha value is -0.540. The molecule has 0 spiro atoms. The van der Waals surface area contributed by atoms with Crippen LogP contribution in [-0.2, 0) is 0 Å². The third kappa shape index (κ3) is 1.87. The molecule has 1 aromatic rings. The highest BCUT2D eigenvalue weighted by Gasteiger charge is 2.36. The number of nitrogens with zero attached hydrogens (tertiary/aromatic N) is 3. The normalized spacial score (nSPS) is 28.5. The molecule has 3 nitrogen and oxygen atoms in total. The Morgan fingerprint density at radius 3 is 2.44 bits per heavy atom. The van der Waals surface area contributed by atoms with Crippen molar-refractivity contribution in [3.8, 4) is 0 Å². The van der Waals surface area contributed by atoms with Crippen LogP contribution in [0.3, 0.4) is 0 Å². The molecule has 1 aliphatic heterocycles. The quantitative estimate of drug-likeness (QED) is 0.572. The second-order valence-electron chi connectivity index (χ2n) is 4.67. The van der Waals surface area contributed by atoms with Gasteiger partial charge in [0.25, 0.3) is 0 Å². The summed E-state index contributed by atoms with van der Waals surface area (Å²) in [6.07, 6.45) is 4.09. The smallest absolute Gasteiger partial charge is 0.225 e. The lowest BCUT2D eigenvalue weighted by Gasteiger charge is -2.18. The van der Waals surface area contributed by atoms with Gasteiger partial charge >= 0.3 is 0 Å². The first kappa shape index (κ1) is 10.6. The molecule has 2 unspecified atom stereocenters. The molecule has 2 atom stereocenters. The van der Waals surface area contributed by atoms with Gasteiger partial charge in [0.15, 0.2) is 0 Å². The van der Waals surface area contributed by atoms with Gasteiger partial charge < -0.3 is 4.90 Å². The summed E-state index contributed by atoms with van der Waals surface area (Å²) in [6, 6.07) is 1.80. The van der Waals surface area contributed by atoms with E-state index in [0.717, 1.165) is 30.7 Å². The lowest BCUT2D eigenvalue weighted by Crippen LogP contribution is -2.22. The van der Waals surface area contributed by atoms with Crippen LogP contribution >= 0.6 is 23.2 Å². The summed E-state index contributed by atoms with van der Waals surface area (Å²) < 4.78 is 0. The van der Waals surface area contributed by atoms with Crippen LogP contribution in [0.4, 0.5) is 5.82 Å². The molecule has 1 aromatic heterocycles. The number of fused-ring (bicyclic) bond motifs is 1. The number of rotatable bonds is 1. The number of anilines is 1. The molecule has 0 bridgehead atoms. The molecular formula is C11H13Cl2N3. The lowest BCUT2D eigenvalue weighted by atomic mass is 10.0. The summed E-state index contributed by atoms with van der Waals surface area (Å²) >= 11 is 11.7. The van der Waals surface area contributed by atoms with E-state index < -0.39 is 0 Å². The minimum Gasteiger partial charge on any atom is -0.356 e. The van der Waals surface area contributed by atoms with E-state index in [0.29, 0.717) is 5.15 Å². The Morgan fingerprint density at radius 2 is 1.81 bits per heavy atom. The van der Waals surface area contributed by atoms with Crippen molar-refractivity contribution in [2.45, 2.75) is 19.3 Å². The van der Waals surface area contributed by atoms with Gasteiger partial charge in [0, 0.05) is 19.2 Å². The molecule has 16 heavy (non-hydrogen) atoms. The SMILES string of the molecule is Clc1cc(N2CC3CCCC3C2)nc(Cl)n1. The zero-order valence-electron chi connectivity index (χ0n) is 8.87. The Balaban J connectivity index is 1.83. The Labute approximate surface area is 105 Å². The van der Waals surface area contributed by atoms with Gasteiger partial charge in [-0.05, 0) is 36.3 Å². The summed E-state index contributed by atoms with van der Waals surface area (Å²) in [6.45, 7) is 2.18. The summed E-state index contributed by atoms with van der Waals surface area (Å²) in [5.41, 5.74) is 0. The maximum Gasteiger partial charge on any atom is 0.225 e. The van der Waals surface area contributed by atoms with Gasteiger partial charge in [-0.2, -0.15) is 0 Å². The molecule has 86 valence electrons. The first-order valence-corrected chi connectivity index (χ1v) is 6.43. The molecule has 3 rings (SSSR count). The molecule has 5 heteroatoms. The summed E-state index contributed by atoms with van der Waals surface area (Å²) in [5.74, 6) is 2.56. The van der Waals surface area contributed by atoms with E-state index in [9.17, 15) is 0 Å². The topological polar surface area (TPSA) is 29.0 Å². The summed E-state index contributed by atoms with van der Waals surface area (Å²) in [4.78, 5) is 10.4. The molecule has 1 aliphatic carbocycles. The van der Waals surface area contributed by atoms with Gasteiger partial charge in [0.1, 0.15) is 11.0 Å². The van der Waals surface area contributed by atoms with Gasteiger partial charge in [-0.15, -0.1) is 0 Å². The third-order valence-corrected chi connectivity index (χ3v) is 4.07. The van der Waals surface area contributed by atoms with Crippen molar-refractivity contribution in [2.75, 3.05) is 18.0 Å². The van der Waals surface area contributed by atoms with Gasteiger partial charge in [0.05, 0.1) is 0 Å². The van der Waals surface area contributed by atoms with Gasteiger partial charge in [-0.25, -0.2) is 9.97 Å². The minimum atomic E-state index is 0.236. The first-order chi connectivity index (χ1) is 7.72. The molecule has 2 aliphatic rings. The Bertz CT molecular complexity index is 378. The lowest BCUT2D eigenvalue weighted by molar-refractivity contribution is 0.494. The van der Waals surface area contributed by atoms with E-state index in [1.807, 2.05) is 0 Å². The molecule has 0 amide bonds. The van der Waals surface area contributed by atoms with Crippen molar-refractivity contribution in [1.82, 2.24) is 9.97 Å². The average Bonchev–Trinajstić information content (AvgIpc) is 2.74. The summed E-state index contributed by atoms with van der Waals surface area (Å²) in [5, 5.41) is 0.659.